The Morgan fingerprint density at radius 2 is 1.62 bits per heavy atom. The summed E-state index contributed by atoms with van der Waals surface area (Å²) in [5.41, 5.74) is 7.71. The average Bonchev–Trinajstić information content (AvgIpc) is 2.81. The Labute approximate surface area is 221 Å². The SMILES string of the molecule is CCc1cc(-c2ccccc2)c2c(c1C)C(=O)C1=C(C)C3(C)C(=O)C(C(C)=O)=C(C)CC3(C)CC1(C)C2. The van der Waals surface area contributed by atoms with Gasteiger partial charge in [-0.25, -0.2) is 0 Å². The standard InChI is InChI=1S/C34H38O3/c1-9-23-15-25(24-13-11-10-12-14-24)26-17-32(6)18-33(7)16-19(2)27(22(5)35)31(37)34(33,8)21(4)29(32)30(36)28(26)20(23)3/h10-15H,9,16-18H2,1-8H3. The van der Waals surface area contributed by atoms with E-state index < -0.39 is 5.41 Å². The molecule has 3 unspecified atom stereocenters. The molecule has 2 aromatic carbocycles. The van der Waals surface area contributed by atoms with Crippen LogP contribution >= 0.6 is 0 Å². The molecule has 3 heteroatoms. The number of rotatable bonds is 3. The second-order valence-electron chi connectivity index (χ2n) is 12.4. The molecule has 0 heterocycles. The fraction of sp³-hybridized carbons (Fsp3) is 0.441. The van der Waals surface area contributed by atoms with Gasteiger partial charge in [0.2, 0.25) is 0 Å². The Morgan fingerprint density at radius 3 is 2.22 bits per heavy atom. The second kappa shape index (κ2) is 8.21. The third kappa shape index (κ3) is 3.28. The number of carbonyl (C=O) groups is 3. The molecule has 3 aliphatic rings. The molecule has 0 aliphatic heterocycles. The van der Waals surface area contributed by atoms with Crippen molar-refractivity contribution < 1.29 is 14.4 Å². The molecule has 0 radical (unpaired) electrons. The molecule has 0 bridgehead atoms. The van der Waals surface area contributed by atoms with E-state index in [0.717, 1.165) is 63.8 Å². The maximum Gasteiger partial charge on any atom is 0.190 e. The summed E-state index contributed by atoms with van der Waals surface area (Å²) in [5, 5.41) is 0. The zero-order chi connectivity index (χ0) is 27.1. The molecule has 37 heavy (non-hydrogen) atoms. The number of Topliss-reactive ketones (excluding diaryl/α,β-unsaturated/α-hetero) is 3. The van der Waals surface area contributed by atoms with Crippen LogP contribution in [0.15, 0.2) is 58.7 Å². The zero-order valence-corrected chi connectivity index (χ0v) is 23.5. The Kier molecular flexibility index (Phi) is 5.68. The van der Waals surface area contributed by atoms with Crippen LogP contribution in [0.1, 0.15) is 88.4 Å². The van der Waals surface area contributed by atoms with Crippen molar-refractivity contribution in [3.05, 3.63) is 80.9 Å². The van der Waals surface area contributed by atoms with Gasteiger partial charge in [-0.2, -0.15) is 0 Å². The third-order valence-electron chi connectivity index (χ3n) is 10.1. The van der Waals surface area contributed by atoms with E-state index in [0.29, 0.717) is 12.0 Å². The highest BCUT2D eigenvalue weighted by molar-refractivity contribution is 6.24. The van der Waals surface area contributed by atoms with Crippen LogP contribution in [0, 0.1) is 23.2 Å². The first-order valence-electron chi connectivity index (χ1n) is 13.5. The molecule has 0 saturated heterocycles. The minimum atomic E-state index is -0.881. The van der Waals surface area contributed by atoms with E-state index in [1.807, 2.05) is 26.8 Å². The fourth-order valence-electron chi connectivity index (χ4n) is 8.28. The molecule has 192 valence electrons. The van der Waals surface area contributed by atoms with Gasteiger partial charge in [0, 0.05) is 16.6 Å². The Hall–Kier alpha value is -3.07. The third-order valence-corrected chi connectivity index (χ3v) is 10.1. The van der Waals surface area contributed by atoms with E-state index in [9.17, 15) is 14.4 Å². The topological polar surface area (TPSA) is 51.2 Å². The van der Waals surface area contributed by atoms with Gasteiger partial charge in [0.05, 0.1) is 11.0 Å². The van der Waals surface area contributed by atoms with E-state index in [1.165, 1.54) is 12.5 Å². The van der Waals surface area contributed by atoms with Crippen LogP contribution in [0.5, 0.6) is 0 Å². The van der Waals surface area contributed by atoms with Crippen molar-refractivity contribution >= 4 is 17.3 Å². The fourth-order valence-corrected chi connectivity index (χ4v) is 8.28. The van der Waals surface area contributed by atoms with Gasteiger partial charge in [-0.15, -0.1) is 0 Å². The van der Waals surface area contributed by atoms with Crippen LogP contribution in [0.2, 0.25) is 0 Å². The van der Waals surface area contributed by atoms with Crippen molar-refractivity contribution in [2.75, 3.05) is 0 Å². The highest BCUT2D eigenvalue weighted by Gasteiger charge is 2.63. The summed E-state index contributed by atoms with van der Waals surface area (Å²) in [7, 11) is 0. The van der Waals surface area contributed by atoms with Gasteiger partial charge in [0.15, 0.2) is 17.3 Å². The van der Waals surface area contributed by atoms with Crippen molar-refractivity contribution in [3.8, 4) is 11.1 Å². The van der Waals surface area contributed by atoms with Crippen LogP contribution in [-0.4, -0.2) is 17.3 Å². The predicted molar refractivity (Wildman–Crippen MR) is 149 cm³/mol. The lowest BCUT2D eigenvalue weighted by molar-refractivity contribution is -0.134. The van der Waals surface area contributed by atoms with Gasteiger partial charge in [-0.1, -0.05) is 68.3 Å². The summed E-state index contributed by atoms with van der Waals surface area (Å²) < 4.78 is 0. The quantitative estimate of drug-likeness (QED) is 0.413. The summed E-state index contributed by atoms with van der Waals surface area (Å²) in [6, 6.07) is 12.7. The van der Waals surface area contributed by atoms with Crippen molar-refractivity contribution in [2.24, 2.45) is 16.2 Å². The molecule has 3 atom stereocenters. The Morgan fingerprint density at radius 1 is 0.973 bits per heavy atom. The van der Waals surface area contributed by atoms with E-state index in [4.69, 9.17) is 0 Å². The highest BCUT2D eigenvalue weighted by atomic mass is 16.2. The number of carbonyl (C=O) groups excluding carboxylic acids is 3. The predicted octanol–water partition coefficient (Wildman–Crippen LogP) is 7.58. The maximum absolute atomic E-state index is 14.6. The monoisotopic (exact) mass is 494 g/mol. The van der Waals surface area contributed by atoms with Crippen molar-refractivity contribution in [2.45, 2.75) is 81.1 Å². The van der Waals surface area contributed by atoms with Crippen LogP contribution in [0.4, 0.5) is 0 Å². The first-order chi connectivity index (χ1) is 17.3. The van der Waals surface area contributed by atoms with Crippen molar-refractivity contribution in [3.63, 3.8) is 0 Å². The minimum Gasteiger partial charge on any atom is -0.294 e. The Bertz CT molecular complexity index is 1450. The largest absolute Gasteiger partial charge is 0.294 e. The zero-order valence-electron chi connectivity index (χ0n) is 23.5. The van der Waals surface area contributed by atoms with Gasteiger partial charge in [-0.05, 0) is 93.5 Å². The summed E-state index contributed by atoms with van der Waals surface area (Å²) in [6.45, 7) is 16.0. The van der Waals surface area contributed by atoms with Crippen molar-refractivity contribution in [1.82, 2.24) is 0 Å². The maximum atomic E-state index is 14.6. The summed E-state index contributed by atoms with van der Waals surface area (Å²) in [5.74, 6) is -0.216. The molecule has 0 aromatic heterocycles. The summed E-state index contributed by atoms with van der Waals surface area (Å²) in [4.78, 5) is 41.2. The van der Waals surface area contributed by atoms with E-state index in [-0.39, 0.29) is 28.2 Å². The van der Waals surface area contributed by atoms with Crippen LogP contribution < -0.4 is 0 Å². The molecule has 3 nitrogen and oxygen atoms in total. The Balaban J connectivity index is 1.81. The molecule has 3 aliphatic carbocycles. The van der Waals surface area contributed by atoms with Gasteiger partial charge in [0.1, 0.15) is 0 Å². The number of hydrogen-bond donors (Lipinski definition) is 0. The van der Waals surface area contributed by atoms with E-state index in [1.54, 1.807) is 0 Å². The average molecular weight is 495 g/mol. The normalized spacial score (nSPS) is 29.2. The first kappa shape index (κ1) is 25.6. The molecule has 0 spiro atoms. The van der Waals surface area contributed by atoms with E-state index in [2.05, 4.69) is 58.0 Å². The van der Waals surface area contributed by atoms with E-state index >= 15 is 0 Å². The highest BCUT2D eigenvalue weighted by Crippen LogP contribution is 2.66. The molecular weight excluding hydrogens is 456 g/mol. The lowest BCUT2D eigenvalue weighted by Crippen LogP contribution is -2.57. The minimum absolute atomic E-state index is 0.0676. The van der Waals surface area contributed by atoms with Gasteiger partial charge >= 0.3 is 0 Å². The molecule has 0 fully saturated rings. The molecular formula is C34H38O3. The van der Waals surface area contributed by atoms with Gasteiger partial charge < -0.3 is 0 Å². The van der Waals surface area contributed by atoms with Crippen LogP contribution in [-0.2, 0) is 22.4 Å². The van der Waals surface area contributed by atoms with Crippen LogP contribution in [0.25, 0.3) is 11.1 Å². The number of benzene rings is 2. The van der Waals surface area contributed by atoms with Crippen molar-refractivity contribution in [1.29, 1.82) is 0 Å². The molecule has 5 rings (SSSR count). The second-order valence-corrected chi connectivity index (χ2v) is 12.4. The lowest BCUT2D eigenvalue weighted by Gasteiger charge is -2.59. The number of fused-ring (bicyclic) bond motifs is 3. The molecule has 2 aromatic rings. The van der Waals surface area contributed by atoms with Crippen LogP contribution in [0.3, 0.4) is 0 Å². The number of hydrogen-bond acceptors (Lipinski definition) is 3. The first-order valence-corrected chi connectivity index (χ1v) is 13.5. The number of aryl methyl sites for hydroxylation is 1. The summed E-state index contributed by atoms with van der Waals surface area (Å²) >= 11 is 0. The molecule has 0 amide bonds. The lowest BCUT2D eigenvalue weighted by atomic mass is 9.42. The summed E-state index contributed by atoms with van der Waals surface area (Å²) in [6.07, 6.45) is 3.02. The van der Waals surface area contributed by atoms with Gasteiger partial charge in [0.25, 0.3) is 0 Å². The van der Waals surface area contributed by atoms with Gasteiger partial charge in [-0.3, -0.25) is 14.4 Å². The number of allylic oxidation sites excluding steroid dienone is 4. The molecule has 0 saturated carbocycles. The number of ketones is 3. The molecule has 0 N–H and O–H groups in total. The smallest absolute Gasteiger partial charge is 0.190 e.